The molecule has 1 atom stereocenters. The second-order valence-electron chi connectivity index (χ2n) is 9.43. The van der Waals surface area contributed by atoms with Crippen molar-refractivity contribution in [2.24, 2.45) is 5.41 Å². The monoisotopic (exact) mass is 471 g/mol. The molecule has 186 valence electrons. The second-order valence-corrected chi connectivity index (χ2v) is 9.43. The van der Waals surface area contributed by atoms with Crippen LogP contribution in [0.2, 0.25) is 0 Å². The lowest BCUT2D eigenvalue weighted by molar-refractivity contribution is -0.111. The second kappa shape index (κ2) is 13.5. The fourth-order valence-electron chi connectivity index (χ4n) is 4.36. The molecule has 1 heterocycles. The first-order valence-corrected chi connectivity index (χ1v) is 12.5. The third-order valence-electron chi connectivity index (χ3n) is 6.26. The summed E-state index contributed by atoms with van der Waals surface area (Å²) in [6.45, 7) is 14.9. The summed E-state index contributed by atoms with van der Waals surface area (Å²) in [5.74, 6) is 0.275. The number of hydrogen-bond donors (Lipinski definition) is 2. The molecule has 1 aliphatic rings. The maximum Gasteiger partial charge on any atom is 0.248 e. The summed E-state index contributed by atoms with van der Waals surface area (Å²) in [4.78, 5) is 19.6. The first-order valence-electron chi connectivity index (χ1n) is 12.5. The van der Waals surface area contributed by atoms with Gasteiger partial charge < -0.3 is 10.3 Å². The van der Waals surface area contributed by atoms with E-state index in [-0.39, 0.29) is 11.3 Å². The first kappa shape index (κ1) is 27.8. The van der Waals surface area contributed by atoms with Gasteiger partial charge in [0.2, 0.25) is 5.91 Å². The molecule has 35 heavy (non-hydrogen) atoms. The van der Waals surface area contributed by atoms with E-state index < -0.39 is 0 Å². The lowest BCUT2D eigenvalue weighted by Crippen LogP contribution is -2.23. The first-order chi connectivity index (χ1) is 16.8. The third kappa shape index (κ3) is 8.40. The molecule has 4 nitrogen and oxygen atoms in total. The predicted octanol–water partition coefficient (Wildman–Crippen LogP) is 8.30. The summed E-state index contributed by atoms with van der Waals surface area (Å²) < 4.78 is 0. The number of aromatic nitrogens is 2. The van der Waals surface area contributed by atoms with E-state index in [1.807, 2.05) is 69.5 Å². The molecule has 1 amide bonds. The lowest BCUT2D eigenvalue weighted by Gasteiger charge is -2.37. The highest BCUT2D eigenvalue weighted by Gasteiger charge is 2.32. The summed E-state index contributed by atoms with van der Waals surface area (Å²) in [6, 6.07) is 9.47. The summed E-state index contributed by atoms with van der Waals surface area (Å²) in [5, 5.41) is 2.87. The zero-order chi connectivity index (χ0) is 25.8. The number of amides is 1. The van der Waals surface area contributed by atoms with Crippen molar-refractivity contribution in [3.8, 4) is 0 Å². The van der Waals surface area contributed by atoms with Gasteiger partial charge in [0.15, 0.2) is 0 Å². The SMILES string of the molecule is CC.CC1=C(/C=C/C(C)=C/C=C/C(C)=C\C(=O)Nc2ccccc2)C(C)(C)CCC1c1cnc[nH]1. The van der Waals surface area contributed by atoms with Crippen molar-refractivity contribution in [2.45, 2.75) is 67.2 Å². The van der Waals surface area contributed by atoms with Gasteiger partial charge in [0.25, 0.3) is 0 Å². The molecule has 0 spiro atoms. The van der Waals surface area contributed by atoms with E-state index in [0.717, 1.165) is 29.7 Å². The predicted molar refractivity (Wildman–Crippen MR) is 149 cm³/mol. The zero-order valence-corrected chi connectivity index (χ0v) is 22.4. The van der Waals surface area contributed by atoms with Gasteiger partial charge in [-0.3, -0.25) is 4.79 Å². The number of carbonyl (C=O) groups is 1. The van der Waals surface area contributed by atoms with Gasteiger partial charge in [0.05, 0.1) is 6.33 Å². The molecule has 0 fully saturated rings. The minimum absolute atomic E-state index is 0.127. The Kier molecular flexibility index (Phi) is 10.7. The fourth-order valence-corrected chi connectivity index (χ4v) is 4.36. The largest absolute Gasteiger partial charge is 0.348 e. The number of para-hydroxylation sites is 1. The molecule has 1 unspecified atom stereocenters. The van der Waals surface area contributed by atoms with E-state index in [0.29, 0.717) is 5.92 Å². The van der Waals surface area contributed by atoms with Gasteiger partial charge in [-0.2, -0.15) is 0 Å². The van der Waals surface area contributed by atoms with Crippen molar-refractivity contribution < 1.29 is 4.79 Å². The molecule has 1 aromatic carbocycles. The van der Waals surface area contributed by atoms with Crippen molar-refractivity contribution >= 4 is 11.6 Å². The maximum atomic E-state index is 12.1. The number of anilines is 1. The van der Waals surface area contributed by atoms with Crippen LogP contribution in [0.25, 0.3) is 0 Å². The van der Waals surface area contributed by atoms with Crippen LogP contribution in [-0.2, 0) is 4.79 Å². The van der Waals surface area contributed by atoms with Gasteiger partial charge in [-0.1, -0.05) is 87.4 Å². The number of rotatable bonds is 7. The van der Waals surface area contributed by atoms with E-state index in [2.05, 4.69) is 61.2 Å². The molecule has 4 heteroatoms. The van der Waals surface area contributed by atoms with Crippen molar-refractivity contribution in [3.63, 3.8) is 0 Å². The number of nitrogens with one attached hydrogen (secondary N) is 2. The Morgan fingerprint density at radius 3 is 2.49 bits per heavy atom. The van der Waals surface area contributed by atoms with Gasteiger partial charge >= 0.3 is 0 Å². The molecular formula is C31H41N3O. The van der Waals surface area contributed by atoms with Crippen LogP contribution in [0.4, 0.5) is 5.69 Å². The van der Waals surface area contributed by atoms with Crippen LogP contribution in [0.5, 0.6) is 0 Å². The van der Waals surface area contributed by atoms with E-state index in [9.17, 15) is 4.79 Å². The number of hydrogen-bond acceptors (Lipinski definition) is 2. The van der Waals surface area contributed by atoms with Crippen LogP contribution >= 0.6 is 0 Å². The highest BCUT2D eigenvalue weighted by atomic mass is 16.1. The number of aromatic amines is 1. The highest BCUT2D eigenvalue weighted by Crippen LogP contribution is 2.46. The average molecular weight is 472 g/mol. The Bertz CT molecular complexity index is 1100. The third-order valence-corrected chi connectivity index (χ3v) is 6.26. The molecule has 2 aromatic rings. The van der Waals surface area contributed by atoms with Crippen molar-refractivity contribution in [3.05, 3.63) is 107 Å². The van der Waals surface area contributed by atoms with Gasteiger partial charge in [-0.05, 0) is 62.3 Å². The van der Waals surface area contributed by atoms with Crippen LogP contribution in [0.3, 0.4) is 0 Å². The molecule has 1 aromatic heterocycles. The van der Waals surface area contributed by atoms with E-state index in [1.54, 1.807) is 12.4 Å². The summed E-state index contributed by atoms with van der Waals surface area (Å²) >= 11 is 0. The molecule has 2 N–H and O–H groups in total. The van der Waals surface area contributed by atoms with Crippen molar-refractivity contribution in [2.75, 3.05) is 5.32 Å². The maximum absolute atomic E-state index is 12.1. The standard InChI is InChI=1S/C29H35N3O.C2H6/c1-21(10-9-11-22(2)18-28(33)32-24-12-7-6-8-13-24)14-15-26-23(3)25(16-17-29(26,4)5)27-19-30-20-31-27;1-2/h6-15,18-20,25H,16-17H2,1-5H3,(H,30,31)(H,32,33);1-2H3/b11-9+,15-14+,21-10+,22-18-;. The molecule has 0 bridgehead atoms. The molecule has 0 saturated heterocycles. The van der Waals surface area contributed by atoms with Gasteiger partial charge in [-0.25, -0.2) is 4.98 Å². The van der Waals surface area contributed by atoms with Crippen LogP contribution in [0, 0.1) is 5.41 Å². The molecule has 0 saturated carbocycles. The minimum atomic E-state index is -0.127. The Balaban J connectivity index is 0.00000210. The Morgan fingerprint density at radius 1 is 1.11 bits per heavy atom. The van der Waals surface area contributed by atoms with Crippen LogP contribution in [0.1, 0.15) is 72.9 Å². The average Bonchev–Trinajstić information content (AvgIpc) is 3.35. The summed E-state index contributed by atoms with van der Waals surface area (Å²) in [7, 11) is 0. The zero-order valence-electron chi connectivity index (χ0n) is 22.4. The molecule has 1 aliphatic carbocycles. The minimum Gasteiger partial charge on any atom is -0.348 e. The summed E-state index contributed by atoms with van der Waals surface area (Å²) in [5.41, 5.74) is 7.01. The summed E-state index contributed by atoms with van der Waals surface area (Å²) in [6.07, 6.45) is 18.1. The lowest BCUT2D eigenvalue weighted by atomic mass is 9.68. The number of allylic oxidation sites excluding steroid dienone is 9. The van der Waals surface area contributed by atoms with Crippen molar-refractivity contribution in [1.82, 2.24) is 9.97 Å². The van der Waals surface area contributed by atoms with Gasteiger partial charge in [0.1, 0.15) is 0 Å². The van der Waals surface area contributed by atoms with E-state index in [1.165, 1.54) is 16.8 Å². The fraction of sp³-hybridized carbons (Fsp3) is 0.355. The number of imidazole rings is 1. The molecular weight excluding hydrogens is 430 g/mol. The normalized spacial score (nSPS) is 18.5. The van der Waals surface area contributed by atoms with E-state index >= 15 is 0 Å². The van der Waals surface area contributed by atoms with Crippen LogP contribution in [0.15, 0.2) is 102 Å². The van der Waals surface area contributed by atoms with Crippen LogP contribution < -0.4 is 5.32 Å². The quantitative estimate of drug-likeness (QED) is 0.315. The Labute approximate surface area is 211 Å². The van der Waals surface area contributed by atoms with Crippen LogP contribution in [-0.4, -0.2) is 15.9 Å². The Morgan fingerprint density at radius 2 is 1.83 bits per heavy atom. The van der Waals surface area contributed by atoms with E-state index in [4.69, 9.17) is 0 Å². The Hall–Kier alpha value is -3.40. The van der Waals surface area contributed by atoms with Crippen molar-refractivity contribution in [1.29, 1.82) is 0 Å². The highest BCUT2D eigenvalue weighted by molar-refractivity contribution is 5.99. The molecule has 0 aliphatic heterocycles. The van der Waals surface area contributed by atoms with Gasteiger partial charge in [0, 0.05) is 29.6 Å². The molecule has 3 rings (SSSR count). The molecule has 0 radical (unpaired) electrons. The number of benzene rings is 1. The number of H-pyrrole nitrogens is 1. The van der Waals surface area contributed by atoms with Gasteiger partial charge in [-0.15, -0.1) is 0 Å². The number of carbonyl (C=O) groups excluding carboxylic acids is 1. The smallest absolute Gasteiger partial charge is 0.248 e. The topological polar surface area (TPSA) is 57.8 Å². The number of nitrogens with zero attached hydrogens (tertiary/aromatic N) is 1.